The van der Waals surface area contributed by atoms with Crippen LogP contribution < -0.4 is 0 Å². The highest BCUT2D eigenvalue weighted by Crippen LogP contribution is 2.24. The molecule has 0 saturated heterocycles. The van der Waals surface area contributed by atoms with Crippen molar-refractivity contribution in [3.63, 3.8) is 0 Å². The summed E-state index contributed by atoms with van der Waals surface area (Å²) in [5, 5.41) is 8.96. The number of aromatic nitrogens is 2. The Hall–Kier alpha value is -2.75. The van der Waals surface area contributed by atoms with Gasteiger partial charge in [-0.25, -0.2) is 0 Å². The lowest BCUT2D eigenvalue weighted by atomic mass is 10.1. The van der Waals surface area contributed by atoms with Gasteiger partial charge in [0.15, 0.2) is 0 Å². The number of halogens is 1. The molecule has 1 aromatic heterocycles. The molecule has 0 aliphatic heterocycles. The van der Waals surface area contributed by atoms with Crippen LogP contribution in [0.15, 0.2) is 58.2 Å². The van der Waals surface area contributed by atoms with E-state index >= 15 is 0 Å². The SMILES string of the molecule is C#CCN(Cc1ccc(C)cc1)C(=O)CSc1nnc(-c2ccc(Cl)cc2)o1. The summed E-state index contributed by atoms with van der Waals surface area (Å²) in [4.78, 5) is 14.2. The van der Waals surface area contributed by atoms with Crippen LogP contribution in [0.3, 0.4) is 0 Å². The molecule has 0 fully saturated rings. The van der Waals surface area contributed by atoms with Crippen LogP contribution in [0.4, 0.5) is 0 Å². The average Bonchev–Trinajstić information content (AvgIpc) is 3.17. The van der Waals surface area contributed by atoms with E-state index in [1.807, 2.05) is 31.2 Å². The molecule has 0 spiro atoms. The molecule has 2 aromatic carbocycles. The van der Waals surface area contributed by atoms with Crippen LogP contribution in [-0.2, 0) is 11.3 Å². The van der Waals surface area contributed by atoms with Gasteiger partial charge in [0.25, 0.3) is 5.22 Å². The summed E-state index contributed by atoms with van der Waals surface area (Å²) in [5.74, 6) is 3.00. The predicted octanol–water partition coefficient (Wildman–Crippen LogP) is 4.45. The van der Waals surface area contributed by atoms with Crippen molar-refractivity contribution in [2.45, 2.75) is 18.7 Å². The first kappa shape index (κ1) is 20.0. The second-order valence-corrected chi connectivity index (χ2v) is 7.47. The largest absolute Gasteiger partial charge is 0.411 e. The molecule has 0 N–H and O–H groups in total. The van der Waals surface area contributed by atoms with Crippen LogP contribution in [0, 0.1) is 19.3 Å². The van der Waals surface area contributed by atoms with E-state index < -0.39 is 0 Å². The summed E-state index contributed by atoms with van der Waals surface area (Å²) >= 11 is 7.07. The Labute approximate surface area is 173 Å². The van der Waals surface area contributed by atoms with Gasteiger partial charge in [0.1, 0.15) is 0 Å². The van der Waals surface area contributed by atoms with Crippen molar-refractivity contribution in [3.8, 4) is 23.8 Å². The summed E-state index contributed by atoms with van der Waals surface area (Å²) in [5.41, 5.74) is 2.97. The van der Waals surface area contributed by atoms with Crippen molar-refractivity contribution >= 4 is 29.3 Å². The second-order valence-electron chi connectivity index (χ2n) is 6.11. The molecular weight excluding hydrogens is 394 g/mol. The number of aryl methyl sites for hydroxylation is 1. The number of carbonyl (C=O) groups excluding carboxylic acids is 1. The number of hydrogen-bond donors (Lipinski definition) is 0. The zero-order valence-electron chi connectivity index (χ0n) is 15.3. The normalized spacial score (nSPS) is 10.5. The van der Waals surface area contributed by atoms with Crippen molar-refractivity contribution in [1.82, 2.24) is 15.1 Å². The molecule has 1 amide bonds. The minimum absolute atomic E-state index is 0.0882. The van der Waals surface area contributed by atoms with Crippen molar-refractivity contribution in [2.24, 2.45) is 0 Å². The Morgan fingerprint density at radius 3 is 2.57 bits per heavy atom. The number of nitrogens with zero attached hydrogens (tertiary/aromatic N) is 3. The van der Waals surface area contributed by atoms with Crippen LogP contribution in [-0.4, -0.2) is 33.3 Å². The second kappa shape index (κ2) is 9.45. The molecule has 0 saturated carbocycles. The molecule has 3 rings (SSSR count). The number of carbonyl (C=O) groups is 1. The molecule has 0 radical (unpaired) electrons. The molecule has 7 heteroatoms. The lowest BCUT2D eigenvalue weighted by Crippen LogP contribution is -2.32. The maximum absolute atomic E-state index is 12.6. The van der Waals surface area contributed by atoms with E-state index in [9.17, 15) is 4.79 Å². The van der Waals surface area contributed by atoms with E-state index in [0.29, 0.717) is 22.7 Å². The topological polar surface area (TPSA) is 59.2 Å². The van der Waals surface area contributed by atoms with Crippen LogP contribution in [0.5, 0.6) is 0 Å². The van der Waals surface area contributed by atoms with Crippen molar-refractivity contribution < 1.29 is 9.21 Å². The highest BCUT2D eigenvalue weighted by Gasteiger charge is 2.16. The third kappa shape index (κ3) is 5.38. The summed E-state index contributed by atoms with van der Waals surface area (Å²) in [7, 11) is 0. The summed E-state index contributed by atoms with van der Waals surface area (Å²) in [6.07, 6.45) is 5.43. The van der Waals surface area contributed by atoms with Crippen LogP contribution in [0.1, 0.15) is 11.1 Å². The Bertz CT molecular complexity index is 978. The first-order valence-corrected chi connectivity index (χ1v) is 9.90. The Balaban J connectivity index is 1.60. The molecule has 5 nitrogen and oxygen atoms in total. The lowest BCUT2D eigenvalue weighted by Gasteiger charge is -2.20. The summed E-state index contributed by atoms with van der Waals surface area (Å²) < 4.78 is 5.62. The van der Waals surface area contributed by atoms with Crippen LogP contribution >= 0.6 is 23.4 Å². The molecule has 0 aliphatic carbocycles. The van der Waals surface area contributed by atoms with E-state index in [4.69, 9.17) is 22.4 Å². The van der Waals surface area contributed by atoms with Gasteiger partial charge in [0, 0.05) is 17.1 Å². The first-order valence-electron chi connectivity index (χ1n) is 8.54. The molecule has 0 atom stereocenters. The molecule has 0 bridgehead atoms. The van der Waals surface area contributed by atoms with Crippen LogP contribution in [0.2, 0.25) is 5.02 Å². The van der Waals surface area contributed by atoms with Gasteiger partial charge in [0.2, 0.25) is 11.8 Å². The summed E-state index contributed by atoms with van der Waals surface area (Å²) in [6.45, 7) is 2.73. The van der Waals surface area contributed by atoms with Crippen molar-refractivity contribution in [3.05, 3.63) is 64.7 Å². The number of rotatable bonds is 7. The number of benzene rings is 2. The monoisotopic (exact) mass is 411 g/mol. The number of hydrogen-bond acceptors (Lipinski definition) is 5. The maximum Gasteiger partial charge on any atom is 0.277 e. The fourth-order valence-corrected chi connectivity index (χ4v) is 3.24. The van der Waals surface area contributed by atoms with Crippen LogP contribution in [0.25, 0.3) is 11.5 Å². The minimum atomic E-state index is -0.0882. The fourth-order valence-electron chi connectivity index (χ4n) is 2.45. The molecule has 3 aromatic rings. The van der Waals surface area contributed by atoms with Gasteiger partial charge in [-0.1, -0.05) is 59.1 Å². The Morgan fingerprint density at radius 2 is 1.89 bits per heavy atom. The van der Waals surface area contributed by atoms with Gasteiger partial charge in [-0.15, -0.1) is 16.6 Å². The van der Waals surface area contributed by atoms with E-state index in [0.717, 1.165) is 11.1 Å². The quantitative estimate of drug-likeness (QED) is 0.424. The van der Waals surface area contributed by atoms with Crippen molar-refractivity contribution in [2.75, 3.05) is 12.3 Å². The van der Waals surface area contributed by atoms with E-state index in [1.165, 1.54) is 17.3 Å². The minimum Gasteiger partial charge on any atom is -0.411 e. The van der Waals surface area contributed by atoms with Gasteiger partial charge in [-0.3, -0.25) is 4.79 Å². The van der Waals surface area contributed by atoms with Gasteiger partial charge in [0.05, 0.1) is 12.3 Å². The molecule has 0 aliphatic rings. The number of thioether (sulfide) groups is 1. The third-order valence-electron chi connectivity index (χ3n) is 3.95. The maximum atomic E-state index is 12.6. The number of amides is 1. The Morgan fingerprint density at radius 1 is 1.18 bits per heavy atom. The zero-order valence-corrected chi connectivity index (χ0v) is 16.8. The molecular formula is C21H18ClN3O2S. The van der Waals surface area contributed by atoms with Gasteiger partial charge >= 0.3 is 0 Å². The molecule has 142 valence electrons. The van der Waals surface area contributed by atoms with Gasteiger partial charge in [-0.05, 0) is 36.8 Å². The van der Waals surface area contributed by atoms with E-state index in [2.05, 4.69) is 16.1 Å². The highest BCUT2D eigenvalue weighted by atomic mass is 35.5. The van der Waals surface area contributed by atoms with Crippen molar-refractivity contribution in [1.29, 1.82) is 0 Å². The van der Waals surface area contributed by atoms with E-state index in [-0.39, 0.29) is 18.2 Å². The van der Waals surface area contributed by atoms with E-state index in [1.54, 1.807) is 29.2 Å². The predicted molar refractivity (Wildman–Crippen MR) is 111 cm³/mol. The summed E-state index contributed by atoms with van der Waals surface area (Å²) in [6, 6.07) is 15.1. The molecule has 0 unspecified atom stereocenters. The Kier molecular flexibility index (Phi) is 6.75. The van der Waals surface area contributed by atoms with Gasteiger partial charge in [-0.2, -0.15) is 0 Å². The third-order valence-corrected chi connectivity index (χ3v) is 5.00. The smallest absolute Gasteiger partial charge is 0.277 e. The van der Waals surface area contributed by atoms with Gasteiger partial charge < -0.3 is 9.32 Å². The lowest BCUT2D eigenvalue weighted by molar-refractivity contribution is -0.128. The fraction of sp³-hybridized carbons (Fsp3) is 0.190. The standard InChI is InChI=1S/C21H18ClN3O2S/c1-3-12-25(13-16-6-4-15(2)5-7-16)19(26)14-28-21-24-23-20(27-21)17-8-10-18(22)11-9-17/h1,4-11H,12-14H2,2H3. The average molecular weight is 412 g/mol. The molecule has 28 heavy (non-hydrogen) atoms. The number of terminal acetylenes is 1. The zero-order chi connectivity index (χ0) is 19.9. The first-order chi connectivity index (χ1) is 13.5. The molecule has 1 heterocycles. The highest BCUT2D eigenvalue weighted by molar-refractivity contribution is 7.99.